The smallest absolute Gasteiger partial charge is 0.259 e. The Kier molecular flexibility index (Phi) is 6.18. The molecule has 28 heavy (non-hydrogen) atoms. The third kappa shape index (κ3) is 4.27. The molecule has 1 amide bonds. The number of anilines is 1. The SMILES string of the molecule is COc1ccc(C(=O)Nc2cccc(S(=O)(=O)N3CCOCC3)c2)c(OC)c1. The van der Waals surface area contributed by atoms with Gasteiger partial charge in [0, 0.05) is 24.8 Å². The van der Waals surface area contributed by atoms with Gasteiger partial charge in [0.25, 0.3) is 5.91 Å². The number of carbonyl (C=O) groups is 1. The number of amides is 1. The molecule has 0 bridgehead atoms. The highest BCUT2D eigenvalue weighted by Crippen LogP contribution is 2.26. The molecule has 0 radical (unpaired) electrons. The van der Waals surface area contributed by atoms with Gasteiger partial charge in [0.15, 0.2) is 0 Å². The van der Waals surface area contributed by atoms with E-state index in [0.29, 0.717) is 49.1 Å². The van der Waals surface area contributed by atoms with Gasteiger partial charge in [-0.15, -0.1) is 0 Å². The van der Waals surface area contributed by atoms with Crippen LogP contribution < -0.4 is 14.8 Å². The van der Waals surface area contributed by atoms with Gasteiger partial charge in [0.05, 0.1) is 37.9 Å². The van der Waals surface area contributed by atoms with Crippen LogP contribution in [0, 0.1) is 0 Å². The van der Waals surface area contributed by atoms with E-state index in [4.69, 9.17) is 14.2 Å². The van der Waals surface area contributed by atoms with Crippen molar-refractivity contribution < 1.29 is 27.4 Å². The van der Waals surface area contributed by atoms with Crippen molar-refractivity contribution in [2.24, 2.45) is 0 Å². The molecule has 2 aromatic carbocycles. The summed E-state index contributed by atoms with van der Waals surface area (Å²) in [5.74, 6) is 0.501. The standard InChI is InChI=1S/C19H22N2O6S/c1-25-15-6-7-17(18(13-15)26-2)19(22)20-14-4-3-5-16(12-14)28(23,24)21-8-10-27-11-9-21/h3-7,12-13H,8-11H2,1-2H3,(H,20,22). The molecule has 1 aliphatic heterocycles. The van der Waals surface area contributed by atoms with Crippen LogP contribution in [-0.2, 0) is 14.8 Å². The molecule has 0 saturated carbocycles. The predicted octanol–water partition coefficient (Wildman–Crippen LogP) is 1.98. The number of rotatable bonds is 6. The second-order valence-electron chi connectivity index (χ2n) is 6.06. The van der Waals surface area contributed by atoms with Crippen molar-refractivity contribution in [1.29, 1.82) is 0 Å². The van der Waals surface area contributed by atoms with Crippen molar-refractivity contribution in [3.05, 3.63) is 48.0 Å². The average Bonchev–Trinajstić information content (AvgIpc) is 2.74. The maximum Gasteiger partial charge on any atom is 0.259 e. The zero-order valence-corrected chi connectivity index (χ0v) is 16.5. The summed E-state index contributed by atoms with van der Waals surface area (Å²) in [5, 5.41) is 2.72. The van der Waals surface area contributed by atoms with E-state index in [1.807, 2.05) is 0 Å². The minimum absolute atomic E-state index is 0.119. The van der Waals surface area contributed by atoms with E-state index in [1.165, 1.54) is 30.7 Å². The summed E-state index contributed by atoms with van der Waals surface area (Å²) < 4.78 is 42.5. The number of morpholine rings is 1. The first-order valence-corrected chi connectivity index (χ1v) is 10.1. The molecule has 0 aliphatic carbocycles. The van der Waals surface area contributed by atoms with E-state index in [1.54, 1.807) is 30.3 Å². The zero-order chi connectivity index (χ0) is 20.1. The number of ether oxygens (including phenoxy) is 3. The van der Waals surface area contributed by atoms with E-state index in [2.05, 4.69) is 5.32 Å². The Morgan fingerprint density at radius 3 is 2.50 bits per heavy atom. The van der Waals surface area contributed by atoms with Crippen molar-refractivity contribution in [3.8, 4) is 11.5 Å². The molecular weight excluding hydrogens is 384 g/mol. The molecule has 1 fully saturated rings. The van der Waals surface area contributed by atoms with Crippen molar-refractivity contribution in [2.75, 3.05) is 45.8 Å². The van der Waals surface area contributed by atoms with Gasteiger partial charge in [-0.25, -0.2) is 8.42 Å². The molecule has 1 aliphatic rings. The molecule has 0 atom stereocenters. The predicted molar refractivity (Wildman–Crippen MR) is 104 cm³/mol. The van der Waals surface area contributed by atoms with Crippen LogP contribution in [-0.4, -0.2) is 59.2 Å². The molecule has 0 unspecified atom stereocenters. The molecule has 0 aromatic heterocycles. The zero-order valence-electron chi connectivity index (χ0n) is 15.7. The Labute approximate surface area is 164 Å². The van der Waals surface area contributed by atoms with Crippen LogP contribution in [0.5, 0.6) is 11.5 Å². The minimum Gasteiger partial charge on any atom is -0.497 e. The topological polar surface area (TPSA) is 94.2 Å². The van der Waals surface area contributed by atoms with E-state index >= 15 is 0 Å². The van der Waals surface area contributed by atoms with Gasteiger partial charge in [-0.05, 0) is 30.3 Å². The minimum atomic E-state index is -3.65. The van der Waals surface area contributed by atoms with Gasteiger partial charge in [0.1, 0.15) is 11.5 Å². The average molecular weight is 406 g/mol. The van der Waals surface area contributed by atoms with E-state index in [-0.39, 0.29) is 4.90 Å². The summed E-state index contributed by atoms with van der Waals surface area (Å²) in [4.78, 5) is 12.8. The monoisotopic (exact) mass is 406 g/mol. The number of sulfonamides is 1. The summed E-state index contributed by atoms with van der Waals surface area (Å²) in [6.07, 6.45) is 0. The molecular formula is C19H22N2O6S. The van der Waals surface area contributed by atoms with Crippen LogP contribution in [0.4, 0.5) is 5.69 Å². The largest absolute Gasteiger partial charge is 0.497 e. The first kappa shape index (κ1) is 20.1. The number of hydrogen-bond acceptors (Lipinski definition) is 6. The quantitative estimate of drug-likeness (QED) is 0.788. The second-order valence-corrected chi connectivity index (χ2v) is 8.00. The number of nitrogens with one attached hydrogen (secondary N) is 1. The molecule has 1 saturated heterocycles. The number of hydrogen-bond donors (Lipinski definition) is 1. The van der Waals surface area contributed by atoms with Crippen LogP contribution in [0.25, 0.3) is 0 Å². The lowest BCUT2D eigenvalue weighted by molar-refractivity contribution is 0.0730. The summed E-state index contributed by atoms with van der Waals surface area (Å²) in [6.45, 7) is 1.35. The Bertz CT molecular complexity index is 955. The lowest BCUT2D eigenvalue weighted by atomic mass is 10.1. The number of methoxy groups -OCH3 is 2. The lowest BCUT2D eigenvalue weighted by Gasteiger charge is -2.26. The summed E-state index contributed by atoms with van der Waals surface area (Å²) in [5.41, 5.74) is 0.682. The Morgan fingerprint density at radius 2 is 1.82 bits per heavy atom. The van der Waals surface area contributed by atoms with E-state index in [0.717, 1.165) is 0 Å². The van der Waals surface area contributed by atoms with Crippen LogP contribution in [0.1, 0.15) is 10.4 Å². The molecule has 150 valence electrons. The molecule has 3 rings (SSSR count). The Hall–Kier alpha value is -2.62. The molecule has 2 aromatic rings. The normalized spacial score (nSPS) is 15.1. The van der Waals surface area contributed by atoms with Crippen molar-refractivity contribution in [3.63, 3.8) is 0 Å². The van der Waals surface area contributed by atoms with Gasteiger partial charge >= 0.3 is 0 Å². The number of nitrogens with zero attached hydrogens (tertiary/aromatic N) is 1. The van der Waals surface area contributed by atoms with Gasteiger partial charge in [-0.3, -0.25) is 4.79 Å². The summed E-state index contributed by atoms with van der Waals surface area (Å²) in [7, 11) is -0.664. The van der Waals surface area contributed by atoms with Crippen molar-refractivity contribution in [1.82, 2.24) is 4.31 Å². The van der Waals surface area contributed by atoms with Gasteiger partial charge in [-0.1, -0.05) is 6.07 Å². The van der Waals surface area contributed by atoms with E-state index < -0.39 is 15.9 Å². The molecule has 0 spiro atoms. The van der Waals surface area contributed by atoms with Crippen molar-refractivity contribution >= 4 is 21.6 Å². The summed E-state index contributed by atoms with van der Waals surface area (Å²) >= 11 is 0. The van der Waals surface area contributed by atoms with Crippen LogP contribution in [0.15, 0.2) is 47.4 Å². The molecule has 1 N–H and O–H groups in total. The fraction of sp³-hybridized carbons (Fsp3) is 0.316. The molecule has 1 heterocycles. The third-order valence-electron chi connectivity index (χ3n) is 4.35. The lowest BCUT2D eigenvalue weighted by Crippen LogP contribution is -2.40. The fourth-order valence-corrected chi connectivity index (χ4v) is 4.31. The Morgan fingerprint density at radius 1 is 1.07 bits per heavy atom. The third-order valence-corrected chi connectivity index (χ3v) is 6.25. The molecule has 9 heteroatoms. The van der Waals surface area contributed by atoms with Gasteiger partial charge in [0.2, 0.25) is 10.0 Å². The first-order chi connectivity index (χ1) is 13.5. The fourth-order valence-electron chi connectivity index (χ4n) is 2.85. The van der Waals surface area contributed by atoms with Gasteiger partial charge in [-0.2, -0.15) is 4.31 Å². The first-order valence-electron chi connectivity index (χ1n) is 8.67. The highest BCUT2D eigenvalue weighted by Gasteiger charge is 2.26. The molecule has 8 nitrogen and oxygen atoms in total. The Balaban J connectivity index is 1.82. The van der Waals surface area contributed by atoms with Crippen LogP contribution in [0.3, 0.4) is 0 Å². The van der Waals surface area contributed by atoms with Crippen LogP contribution in [0.2, 0.25) is 0 Å². The maximum absolute atomic E-state index is 12.8. The highest BCUT2D eigenvalue weighted by atomic mass is 32.2. The highest BCUT2D eigenvalue weighted by molar-refractivity contribution is 7.89. The van der Waals surface area contributed by atoms with Gasteiger partial charge < -0.3 is 19.5 Å². The summed E-state index contributed by atoms with van der Waals surface area (Å²) in [6, 6.07) is 11.0. The number of benzene rings is 2. The number of carbonyl (C=O) groups excluding carboxylic acids is 1. The van der Waals surface area contributed by atoms with Crippen molar-refractivity contribution in [2.45, 2.75) is 4.90 Å². The van der Waals surface area contributed by atoms with E-state index in [9.17, 15) is 13.2 Å². The second kappa shape index (κ2) is 8.59. The maximum atomic E-state index is 12.8. The van der Waals surface area contributed by atoms with Crippen LogP contribution >= 0.6 is 0 Å².